The van der Waals surface area contributed by atoms with Crippen molar-refractivity contribution >= 4 is 29.4 Å². The van der Waals surface area contributed by atoms with E-state index >= 15 is 0 Å². The van der Waals surface area contributed by atoms with Gasteiger partial charge in [-0.15, -0.1) is 11.8 Å². The number of amides is 2. The van der Waals surface area contributed by atoms with Gasteiger partial charge in [0.1, 0.15) is 11.8 Å². The fourth-order valence-electron chi connectivity index (χ4n) is 2.90. The number of benzene rings is 1. The van der Waals surface area contributed by atoms with Crippen molar-refractivity contribution in [1.82, 2.24) is 4.90 Å². The predicted molar refractivity (Wildman–Crippen MR) is 109 cm³/mol. The number of carbonyl (C=O) groups excluding carboxylic acids is 2. The number of anilines is 1. The van der Waals surface area contributed by atoms with Gasteiger partial charge in [0.25, 0.3) is 0 Å². The number of hydrogen-bond donors (Lipinski definition) is 1. The van der Waals surface area contributed by atoms with E-state index in [-0.39, 0.29) is 17.4 Å². The highest BCUT2D eigenvalue weighted by Crippen LogP contribution is 2.34. The number of thioether (sulfide) groups is 1. The van der Waals surface area contributed by atoms with Crippen molar-refractivity contribution in [3.05, 3.63) is 24.3 Å². The Morgan fingerprint density at radius 1 is 1.37 bits per heavy atom. The third-order valence-corrected chi connectivity index (χ3v) is 5.65. The smallest absolute Gasteiger partial charge is 0.329 e. The Balaban J connectivity index is 2.13. The van der Waals surface area contributed by atoms with Crippen molar-refractivity contribution in [3.63, 3.8) is 0 Å². The summed E-state index contributed by atoms with van der Waals surface area (Å²) in [5.41, 5.74) is 0.637. The van der Waals surface area contributed by atoms with Gasteiger partial charge in [-0.05, 0) is 30.9 Å². The molecule has 0 saturated carbocycles. The van der Waals surface area contributed by atoms with E-state index in [0.717, 1.165) is 19.3 Å². The van der Waals surface area contributed by atoms with Gasteiger partial charge >= 0.3 is 12.0 Å². The average molecular weight is 395 g/mol. The van der Waals surface area contributed by atoms with Gasteiger partial charge in [0.05, 0.1) is 19.1 Å². The second-order valence-electron chi connectivity index (χ2n) is 7.02. The van der Waals surface area contributed by atoms with E-state index in [2.05, 4.69) is 19.2 Å². The summed E-state index contributed by atoms with van der Waals surface area (Å²) in [5.74, 6) is 1.33. The number of urea groups is 1. The van der Waals surface area contributed by atoms with Crippen LogP contribution in [-0.4, -0.2) is 47.8 Å². The van der Waals surface area contributed by atoms with Crippen LogP contribution in [0.15, 0.2) is 24.3 Å². The summed E-state index contributed by atoms with van der Waals surface area (Å²) in [5, 5.41) is 2.86. The lowest BCUT2D eigenvalue weighted by atomic mass is 10.1. The highest BCUT2D eigenvalue weighted by atomic mass is 32.2. The first-order valence-corrected chi connectivity index (χ1v) is 10.5. The van der Waals surface area contributed by atoms with Gasteiger partial charge in [-0.25, -0.2) is 9.59 Å². The number of rotatable bonds is 8. The molecule has 150 valence electrons. The monoisotopic (exact) mass is 394 g/mol. The van der Waals surface area contributed by atoms with Crippen LogP contribution in [0.3, 0.4) is 0 Å². The lowest BCUT2D eigenvalue weighted by Crippen LogP contribution is -2.48. The predicted octanol–water partition coefficient (Wildman–Crippen LogP) is 4.36. The number of carbonyl (C=O) groups is 2. The van der Waals surface area contributed by atoms with Crippen LogP contribution in [0.5, 0.6) is 5.75 Å². The molecule has 1 aromatic carbocycles. The van der Waals surface area contributed by atoms with Crippen molar-refractivity contribution in [1.29, 1.82) is 0 Å². The maximum Gasteiger partial charge on any atom is 0.329 e. The second kappa shape index (κ2) is 10.4. The van der Waals surface area contributed by atoms with Gasteiger partial charge in [-0.2, -0.15) is 0 Å². The number of ether oxygens (including phenoxy) is 2. The minimum absolute atomic E-state index is 0.0423. The molecule has 0 bridgehead atoms. The summed E-state index contributed by atoms with van der Waals surface area (Å²) in [4.78, 5) is 27.2. The molecule has 7 heteroatoms. The van der Waals surface area contributed by atoms with E-state index in [1.807, 2.05) is 19.1 Å². The van der Waals surface area contributed by atoms with Crippen LogP contribution < -0.4 is 10.1 Å². The molecule has 1 aliphatic heterocycles. The zero-order valence-corrected chi connectivity index (χ0v) is 17.4. The maximum absolute atomic E-state index is 13.0. The molecule has 2 atom stereocenters. The molecule has 6 nitrogen and oxygen atoms in total. The molecule has 1 aliphatic rings. The fraction of sp³-hybridized carbons (Fsp3) is 0.600. The average Bonchev–Trinajstić information content (AvgIpc) is 3.05. The van der Waals surface area contributed by atoms with Gasteiger partial charge in [-0.3, -0.25) is 4.90 Å². The van der Waals surface area contributed by atoms with Crippen LogP contribution >= 0.6 is 11.8 Å². The standard InChI is InChI=1S/C20H30N2O4S/c1-5-6-10-26-19(23)17-13-27-18(11-14(2)3)22(17)20(24)21-15-8-7-9-16(12-15)25-4/h7-9,12,14,17-18H,5-6,10-11,13H2,1-4H3,(H,21,24). The van der Waals surface area contributed by atoms with Crippen molar-refractivity contribution < 1.29 is 19.1 Å². The Morgan fingerprint density at radius 3 is 2.81 bits per heavy atom. The second-order valence-corrected chi connectivity index (χ2v) is 8.23. The summed E-state index contributed by atoms with van der Waals surface area (Å²) in [6, 6.07) is 6.35. The summed E-state index contributed by atoms with van der Waals surface area (Å²) >= 11 is 1.64. The Labute approximate surface area is 166 Å². The largest absolute Gasteiger partial charge is 0.497 e. The fourth-order valence-corrected chi connectivity index (χ4v) is 4.53. The summed E-state index contributed by atoms with van der Waals surface area (Å²) < 4.78 is 10.6. The third kappa shape index (κ3) is 6.06. The van der Waals surface area contributed by atoms with Crippen LogP contribution in [-0.2, 0) is 9.53 Å². The quantitative estimate of drug-likeness (QED) is 0.524. The van der Waals surface area contributed by atoms with Gasteiger partial charge in [0.2, 0.25) is 0 Å². The van der Waals surface area contributed by atoms with Crippen LogP contribution in [0.25, 0.3) is 0 Å². The minimum Gasteiger partial charge on any atom is -0.497 e. The number of hydrogen-bond acceptors (Lipinski definition) is 5. The molecule has 2 unspecified atom stereocenters. The summed E-state index contributed by atoms with van der Waals surface area (Å²) in [6.07, 6.45) is 2.62. The zero-order valence-electron chi connectivity index (χ0n) is 16.6. The molecular weight excluding hydrogens is 364 g/mol. The maximum atomic E-state index is 13.0. The molecule has 1 N–H and O–H groups in total. The SMILES string of the molecule is CCCCOC(=O)C1CSC(CC(C)C)N1C(=O)Nc1cccc(OC)c1. The Kier molecular flexibility index (Phi) is 8.28. The number of unbranched alkanes of at least 4 members (excludes halogenated alkanes) is 1. The van der Waals surface area contributed by atoms with Crippen molar-refractivity contribution in [2.75, 3.05) is 24.8 Å². The van der Waals surface area contributed by atoms with E-state index in [1.165, 1.54) is 0 Å². The molecule has 2 rings (SSSR count). The molecule has 1 aromatic rings. The molecule has 2 amide bonds. The van der Waals surface area contributed by atoms with Crippen LogP contribution in [0.2, 0.25) is 0 Å². The first kappa shape index (κ1) is 21.4. The molecule has 0 aliphatic carbocycles. The van der Waals surface area contributed by atoms with Crippen LogP contribution in [0.1, 0.15) is 40.0 Å². The highest BCUT2D eigenvalue weighted by Gasteiger charge is 2.42. The summed E-state index contributed by atoms with van der Waals surface area (Å²) in [7, 11) is 1.58. The van der Waals surface area contributed by atoms with Gasteiger partial charge in [0, 0.05) is 17.5 Å². The Bertz CT molecular complexity index is 638. The first-order valence-electron chi connectivity index (χ1n) is 9.47. The van der Waals surface area contributed by atoms with Gasteiger partial charge < -0.3 is 14.8 Å². The van der Waals surface area contributed by atoms with E-state index in [4.69, 9.17) is 9.47 Å². The van der Waals surface area contributed by atoms with Crippen molar-refractivity contribution in [2.24, 2.45) is 5.92 Å². The number of esters is 1. The normalized spacial score (nSPS) is 19.2. The van der Waals surface area contributed by atoms with E-state index < -0.39 is 6.04 Å². The van der Waals surface area contributed by atoms with E-state index in [0.29, 0.717) is 29.7 Å². The Morgan fingerprint density at radius 2 is 2.15 bits per heavy atom. The Hall–Kier alpha value is -1.89. The molecule has 1 heterocycles. The summed E-state index contributed by atoms with van der Waals surface area (Å²) in [6.45, 7) is 6.68. The van der Waals surface area contributed by atoms with Crippen LogP contribution in [0, 0.1) is 5.92 Å². The number of methoxy groups -OCH3 is 1. The van der Waals surface area contributed by atoms with Crippen LogP contribution in [0.4, 0.5) is 10.5 Å². The topological polar surface area (TPSA) is 67.9 Å². The molecule has 1 fully saturated rings. The van der Waals surface area contributed by atoms with Crippen molar-refractivity contribution in [2.45, 2.75) is 51.4 Å². The molecular formula is C20H30N2O4S. The third-order valence-electron chi connectivity index (χ3n) is 4.34. The van der Waals surface area contributed by atoms with Gasteiger partial charge in [-0.1, -0.05) is 33.3 Å². The first-order chi connectivity index (χ1) is 13.0. The van der Waals surface area contributed by atoms with Crippen molar-refractivity contribution in [3.8, 4) is 5.75 Å². The number of nitrogens with zero attached hydrogens (tertiary/aromatic N) is 1. The van der Waals surface area contributed by atoms with Gasteiger partial charge in [0.15, 0.2) is 0 Å². The minimum atomic E-state index is -0.554. The lowest BCUT2D eigenvalue weighted by molar-refractivity contribution is -0.148. The molecule has 0 spiro atoms. The van der Waals surface area contributed by atoms with E-state index in [1.54, 1.807) is 35.9 Å². The molecule has 1 saturated heterocycles. The lowest BCUT2D eigenvalue weighted by Gasteiger charge is -2.29. The molecule has 27 heavy (non-hydrogen) atoms. The molecule has 0 aromatic heterocycles. The number of nitrogens with one attached hydrogen (secondary N) is 1. The highest BCUT2D eigenvalue weighted by molar-refractivity contribution is 8.00. The van der Waals surface area contributed by atoms with E-state index in [9.17, 15) is 9.59 Å². The zero-order chi connectivity index (χ0) is 19.8. The molecule has 0 radical (unpaired) electrons.